The van der Waals surface area contributed by atoms with Gasteiger partial charge in [-0.1, -0.05) is 18.0 Å². The van der Waals surface area contributed by atoms with Crippen molar-refractivity contribution in [2.24, 2.45) is 12.8 Å². The van der Waals surface area contributed by atoms with Crippen molar-refractivity contribution in [2.45, 2.75) is 44.1 Å². The number of hydrogen-bond acceptors (Lipinski definition) is 3. The number of carbonyl (C=O) groups is 2. The fourth-order valence-electron chi connectivity index (χ4n) is 4.30. The number of nitrogens with one attached hydrogen (secondary N) is 1. The van der Waals surface area contributed by atoms with Crippen LogP contribution in [0.15, 0.2) is 18.2 Å². The van der Waals surface area contributed by atoms with E-state index in [4.69, 9.17) is 22.1 Å². The smallest absolute Gasteiger partial charge is 0.405 e. The minimum atomic E-state index is -0.812. The van der Waals surface area contributed by atoms with Crippen LogP contribution in [0.5, 0.6) is 0 Å². The molecule has 1 atom stereocenters. The Kier molecular flexibility index (Phi) is 4.79. The molecule has 2 aromatic rings. The van der Waals surface area contributed by atoms with Crippen LogP contribution in [-0.2, 0) is 18.2 Å². The van der Waals surface area contributed by atoms with Crippen LogP contribution in [0.4, 0.5) is 14.9 Å². The number of fused-ring (bicyclic) bond motifs is 1. The Labute approximate surface area is 166 Å². The van der Waals surface area contributed by atoms with Crippen LogP contribution in [0, 0.1) is 5.82 Å². The molecular formula is C20H21ClFN3O3. The van der Waals surface area contributed by atoms with E-state index < -0.39 is 18.0 Å². The molecule has 8 heteroatoms. The molecule has 0 bridgehead atoms. The second-order valence-electron chi connectivity index (χ2n) is 7.36. The predicted molar refractivity (Wildman–Crippen MR) is 103 cm³/mol. The molecule has 1 unspecified atom stereocenters. The van der Waals surface area contributed by atoms with E-state index in [0.717, 1.165) is 36.1 Å². The van der Waals surface area contributed by atoms with Gasteiger partial charge in [0.2, 0.25) is 0 Å². The van der Waals surface area contributed by atoms with Gasteiger partial charge in [-0.05, 0) is 55.4 Å². The maximum Gasteiger partial charge on any atom is 0.405 e. The van der Waals surface area contributed by atoms with E-state index in [0.29, 0.717) is 30.1 Å². The second kappa shape index (κ2) is 7.13. The topological polar surface area (TPSA) is 86.3 Å². The van der Waals surface area contributed by atoms with Gasteiger partial charge >= 0.3 is 6.09 Å². The number of halogens is 2. The summed E-state index contributed by atoms with van der Waals surface area (Å²) in [4.78, 5) is 24.4. The molecule has 6 nitrogen and oxygen atoms in total. The summed E-state index contributed by atoms with van der Waals surface area (Å²) in [7, 11) is 1.86. The van der Waals surface area contributed by atoms with Gasteiger partial charge in [-0.3, -0.25) is 4.79 Å². The van der Waals surface area contributed by atoms with Gasteiger partial charge < -0.3 is 20.4 Å². The van der Waals surface area contributed by atoms with Gasteiger partial charge in [0.1, 0.15) is 17.6 Å². The molecule has 0 saturated heterocycles. The third-order valence-electron chi connectivity index (χ3n) is 5.71. The quantitative estimate of drug-likeness (QED) is 0.789. The van der Waals surface area contributed by atoms with Gasteiger partial charge in [0.25, 0.3) is 5.91 Å². The second-order valence-corrected chi connectivity index (χ2v) is 7.77. The zero-order chi connectivity index (χ0) is 20.0. The lowest BCUT2D eigenvalue weighted by atomic mass is 9.81. The van der Waals surface area contributed by atoms with Gasteiger partial charge in [-0.2, -0.15) is 0 Å². The lowest BCUT2D eigenvalue weighted by Gasteiger charge is -2.29. The van der Waals surface area contributed by atoms with E-state index >= 15 is 0 Å². The number of ether oxygens (including phenoxy) is 1. The zero-order valence-corrected chi connectivity index (χ0v) is 16.2. The maximum absolute atomic E-state index is 13.4. The Morgan fingerprint density at radius 2 is 2.07 bits per heavy atom. The Morgan fingerprint density at radius 3 is 2.68 bits per heavy atom. The lowest BCUT2D eigenvalue weighted by Crippen LogP contribution is -2.22. The molecule has 2 aliphatic rings. The standard InChI is InChI=1S/C20H21ClFN3O3/c1-25-17(10-3-2-4-10)16-12(6-8-15(16)28-20(23)27)18(25)19(26)24-11-5-7-14(22)13(21)9-11/h5,7,9-10,15H,2-4,6,8H2,1H3,(H2,23,27)(H,24,26). The van der Waals surface area contributed by atoms with Crippen molar-refractivity contribution in [1.29, 1.82) is 0 Å². The summed E-state index contributed by atoms with van der Waals surface area (Å²) >= 11 is 5.82. The first-order valence-corrected chi connectivity index (χ1v) is 9.68. The summed E-state index contributed by atoms with van der Waals surface area (Å²) in [6.07, 6.45) is 3.23. The predicted octanol–water partition coefficient (Wildman–Crippen LogP) is 4.42. The van der Waals surface area contributed by atoms with Crippen molar-refractivity contribution in [3.63, 3.8) is 0 Å². The first kappa shape index (κ1) is 18.8. The molecule has 2 aliphatic carbocycles. The summed E-state index contributed by atoms with van der Waals surface area (Å²) in [5.41, 5.74) is 9.06. The number of amides is 2. The van der Waals surface area contributed by atoms with Crippen LogP contribution in [0.2, 0.25) is 5.02 Å². The van der Waals surface area contributed by atoms with Crippen molar-refractivity contribution in [1.82, 2.24) is 4.57 Å². The Balaban J connectivity index is 1.72. The lowest BCUT2D eigenvalue weighted by molar-refractivity contribution is 0.101. The van der Waals surface area contributed by atoms with Crippen LogP contribution in [0.3, 0.4) is 0 Å². The highest BCUT2D eigenvalue weighted by molar-refractivity contribution is 6.31. The molecule has 3 N–H and O–H groups in total. The first-order valence-electron chi connectivity index (χ1n) is 9.30. The number of hydrogen-bond donors (Lipinski definition) is 2. The van der Waals surface area contributed by atoms with Crippen LogP contribution in [0.25, 0.3) is 0 Å². The van der Waals surface area contributed by atoms with E-state index in [1.807, 2.05) is 11.6 Å². The molecule has 2 amide bonds. The van der Waals surface area contributed by atoms with Gasteiger partial charge in [0.05, 0.1) is 5.02 Å². The summed E-state index contributed by atoms with van der Waals surface area (Å²) in [6, 6.07) is 4.06. The minimum absolute atomic E-state index is 0.0556. The summed E-state index contributed by atoms with van der Waals surface area (Å²) < 4.78 is 20.6. The Hall–Kier alpha value is -2.54. The van der Waals surface area contributed by atoms with Crippen molar-refractivity contribution in [3.05, 3.63) is 51.6 Å². The van der Waals surface area contributed by atoms with Crippen LogP contribution >= 0.6 is 11.6 Å². The SMILES string of the molecule is Cn1c(C(=O)Nc2ccc(F)c(Cl)c2)c2c(c1C1CCC1)C(OC(N)=O)CC2. The van der Waals surface area contributed by atoms with E-state index in [-0.39, 0.29) is 10.9 Å². The van der Waals surface area contributed by atoms with Crippen LogP contribution in [-0.4, -0.2) is 16.6 Å². The monoisotopic (exact) mass is 405 g/mol. The molecule has 1 aromatic heterocycles. The minimum Gasteiger partial charge on any atom is -0.441 e. The Bertz CT molecular complexity index is 968. The maximum atomic E-state index is 13.4. The molecule has 4 rings (SSSR count). The average molecular weight is 406 g/mol. The van der Waals surface area contributed by atoms with Crippen LogP contribution in [0.1, 0.15) is 65.0 Å². The summed E-state index contributed by atoms with van der Waals surface area (Å²) in [5, 5.41) is 2.74. The molecule has 1 aromatic carbocycles. The summed E-state index contributed by atoms with van der Waals surface area (Å²) in [6.45, 7) is 0. The van der Waals surface area contributed by atoms with Crippen molar-refractivity contribution < 1.29 is 18.7 Å². The third kappa shape index (κ3) is 3.13. The van der Waals surface area contributed by atoms with E-state index in [9.17, 15) is 14.0 Å². The molecule has 1 saturated carbocycles. The molecule has 28 heavy (non-hydrogen) atoms. The molecule has 0 radical (unpaired) electrons. The number of nitrogens with two attached hydrogens (primary N) is 1. The number of primary amides is 1. The van der Waals surface area contributed by atoms with Gasteiger partial charge in [0, 0.05) is 24.0 Å². The highest BCUT2D eigenvalue weighted by Crippen LogP contribution is 2.47. The average Bonchev–Trinajstić information content (AvgIpc) is 3.08. The zero-order valence-electron chi connectivity index (χ0n) is 15.4. The van der Waals surface area contributed by atoms with E-state index in [2.05, 4.69) is 5.32 Å². The van der Waals surface area contributed by atoms with Gasteiger partial charge in [-0.25, -0.2) is 9.18 Å². The number of aromatic nitrogens is 1. The van der Waals surface area contributed by atoms with Crippen molar-refractivity contribution >= 4 is 29.3 Å². The highest BCUT2D eigenvalue weighted by atomic mass is 35.5. The molecule has 0 spiro atoms. The molecule has 1 heterocycles. The third-order valence-corrected chi connectivity index (χ3v) is 5.99. The number of carbonyl (C=O) groups excluding carboxylic acids is 2. The normalized spacial score (nSPS) is 18.5. The Morgan fingerprint density at radius 1 is 1.32 bits per heavy atom. The molecular weight excluding hydrogens is 385 g/mol. The molecule has 148 valence electrons. The van der Waals surface area contributed by atoms with Gasteiger partial charge in [-0.15, -0.1) is 0 Å². The first-order chi connectivity index (χ1) is 13.4. The molecule has 0 aliphatic heterocycles. The van der Waals surface area contributed by atoms with Crippen LogP contribution < -0.4 is 11.1 Å². The number of rotatable bonds is 4. The van der Waals surface area contributed by atoms with Crippen molar-refractivity contribution in [3.8, 4) is 0 Å². The largest absolute Gasteiger partial charge is 0.441 e. The van der Waals surface area contributed by atoms with E-state index in [1.165, 1.54) is 18.2 Å². The number of nitrogens with zero attached hydrogens (tertiary/aromatic N) is 1. The molecule has 1 fully saturated rings. The van der Waals surface area contributed by atoms with Crippen molar-refractivity contribution in [2.75, 3.05) is 5.32 Å². The number of benzene rings is 1. The summed E-state index contributed by atoms with van der Waals surface area (Å²) in [5.74, 6) is -0.498. The van der Waals surface area contributed by atoms with Gasteiger partial charge in [0.15, 0.2) is 0 Å². The fraction of sp³-hybridized carbons (Fsp3) is 0.400. The number of anilines is 1. The van der Waals surface area contributed by atoms with E-state index in [1.54, 1.807) is 0 Å². The highest BCUT2D eigenvalue weighted by Gasteiger charge is 2.39. The fourth-order valence-corrected chi connectivity index (χ4v) is 4.49.